The number of hydrogen-bond acceptors (Lipinski definition) is 4. The molecule has 1 heterocycles. The van der Waals surface area contributed by atoms with E-state index < -0.39 is 15.9 Å². The van der Waals surface area contributed by atoms with Crippen molar-refractivity contribution in [2.24, 2.45) is 0 Å². The minimum atomic E-state index is -3.62. The molecule has 9 heteroatoms. The van der Waals surface area contributed by atoms with E-state index in [1.54, 1.807) is 12.1 Å². The van der Waals surface area contributed by atoms with E-state index in [9.17, 15) is 13.2 Å². The summed E-state index contributed by atoms with van der Waals surface area (Å²) >= 11 is 11.6. The number of benzene rings is 1. The van der Waals surface area contributed by atoms with Gasteiger partial charge in [-0.1, -0.05) is 42.6 Å². The van der Waals surface area contributed by atoms with E-state index in [1.165, 1.54) is 24.3 Å². The summed E-state index contributed by atoms with van der Waals surface area (Å²) in [6.45, 7) is 2.34. The predicted molar refractivity (Wildman–Crippen MR) is 98.7 cm³/mol. The van der Waals surface area contributed by atoms with Gasteiger partial charge < -0.3 is 5.32 Å². The molecule has 134 valence electrons. The van der Waals surface area contributed by atoms with Crippen molar-refractivity contribution in [1.29, 1.82) is 0 Å². The first-order valence-electron chi connectivity index (χ1n) is 7.56. The molecule has 0 spiro atoms. The highest BCUT2D eigenvalue weighted by molar-refractivity contribution is 7.89. The molecule has 1 amide bonds. The van der Waals surface area contributed by atoms with Gasteiger partial charge in [0.05, 0.1) is 4.90 Å². The van der Waals surface area contributed by atoms with Crippen molar-refractivity contribution in [2.75, 3.05) is 11.9 Å². The quantitative estimate of drug-likeness (QED) is 0.546. The molecule has 25 heavy (non-hydrogen) atoms. The highest BCUT2D eigenvalue weighted by atomic mass is 35.5. The number of carbonyl (C=O) groups is 1. The van der Waals surface area contributed by atoms with Crippen molar-refractivity contribution in [3.8, 4) is 0 Å². The van der Waals surface area contributed by atoms with Crippen LogP contribution < -0.4 is 10.0 Å². The zero-order valence-electron chi connectivity index (χ0n) is 13.4. The van der Waals surface area contributed by atoms with Crippen LogP contribution in [-0.2, 0) is 10.0 Å². The Morgan fingerprint density at radius 1 is 1.16 bits per heavy atom. The third-order valence-electron chi connectivity index (χ3n) is 3.25. The zero-order chi connectivity index (χ0) is 18.4. The van der Waals surface area contributed by atoms with Crippen molar-refractivity contribution >= 4 is 44.8 Å². The number of sulfonamides is 1. The summed E-state index contributed by atoms with van der Waals surface area (Å²) in [4.78, 5) is 16.1. The summed E-state index contributed by atoms with van der Waals surface area (Å²) in [5.41, 5.74) is 0.562. The molecule has 0 radical (unpaired) electrons. The minimum Gasteiger partial charge on any atom is -0.322 e. The maximum atomic E-state index is 12.3. The van der Waals surface area contributed by atoms with Gasteiger partial charge >= 0.3 is 0 Å². The number of halogens is 2. The number of rotatable bonds is 7. The number of amides is 1. The smallest absolute Gasteiger partial charge is 0.255 e. The number of nitrogens with zero attached hydrogens (tertiary/aromatic N) is 1. The number of pyridine rings is 1. The van der Waals surface area contributed by atoms with Crippen LogP contribution in [0.3, 0.4) is 0 Å². The standard InChI is InChI=1S/C16H17Cl2N3O3S/c1-2-3-7-19-25(23,24)13-6-4-5-12(10-13)20-16(22)11-8-14(17)21-15(18)9-11/h4-6,8-10,19H,2-3,7H2,1H3,(H,20,22). The van der Waals surface area contributed by atoms with Gasteiger partial charge in [0, 0.05) is 17.8 Å². The van der Waals surface area contributed by atoms with E-state index in [4.69, 9.17) is 23.2 Å². The molecule has 0 unspecified atom stereocenters. The molecule has 2 N–H and O–H groups in total. The third kappa shape index (κ3) is 5.67. The Labute approximate surface area is 156 Å². The lowest BCUT2D eigenvalue weighted by Gasteiger charge is -2.09. The largest absolute Gasteiger partial charge is 0.322 e. The third-order valence-corrected chi connectivity index (χ3v) is 5.10. The molecule has 0 aliphatic rings. The molecule has 0 atom stereocenters. The van der Waals surface area contributed by atoms with Gasteiger partial charge in [-0.05, 0) is 36.8 Å². The van der Waals surface area contributed by atoms with Crippen molar-refractivity contribution in [3.05, 3.63) is 52.3 Å². The molecular weight excluding hydrogens is 385 g/mol. The summed E-state index contributed by atoms with van der Waals surface area (Å²) in [7, 11) is -3.62. The fraction of sp³-hybridized carbons (Fsp3) is 0.250. The van der Waals surface area contributed by atoms with Crippen LogP contribution >= 0.6 is 23.2 Å². The van der Waals surface area contributed by atoms with Crippen LogP contribution in [0.1, 0.15) is 30.1 Å². The fourth-order valence-corrected chi connectivity index (χ4v) is 3.59. The lowest BCUT2D eigenvalue weighted by molar-refractivity contribution is 0.102. The van der Waals surface area contributed by atoms with E-state index in [1.807, 2.05) is 6.92 Å². The first-order valence-corrected chi connectivity index (χ1v) is 9.80. The second-order valence-electron chi connectivity index (χ2n) is 5.23. The van der Waals surface area contributed by atoms with E-state index in [-0.39, 0.29) is 20.8 Å². The molecule has 0 aliphatic carbocycles. The Morgan fingerprint density at radius 2 is 1.84 bits per heavy atom. The molecule has 0 saturated carbocycles. The summed E-state index contributed by atoms with van der Waals surface area (Å²) in [6, 6.07) is 8.73. The number of nitrogens with one attached hydrogen (secondary N) is 2. The normalized spacial score (nSPS) is 11.3. The molecular formula is C16H17Cl2N3O3S. The van der Waals surface area contributed by atoms with Crippen LogP contribution in [0.25, 0.3) is 0 Å². The molecule has 2 aromatic rings. The van der Waals surface area contributed by atoms with Crippen molar-refractivity contribution in [3.63, 3.8) is 0 Å². The molecule has 2 rings (SSSR count). The minimum absolute atomic E-state index is 0.0761. The summed E-state index contributed by atoms with van der Waals surface area (Å²) < 4.78 is 27.0. The summed E-state index contributed by atoms with van der Waals surface area (Å²) in [5.74, 6) is -0.473. The number of unbranched alkanes of at least 4 members (excludes halogenated alkanes) is 1. The summed E-state index contributed by atoms with van der Waals surface area (Å²) in [6.07, 6.45) is 1.63. The molecule has 1 aromatic carbocycles. The average Bonchev–Trinajstić information content (AvgIpc) is 2.54. The molecule has 0 bridgehead atoms. The van der Waals surface area contributed by atoms with E-state index in [2.05, 4.69) is 15.0 Å². The Kier molecular flexibility index (Phi) is 6.78. The van der Waals surface area contributed by atoms with Crippen LogP contribution in [-0.4, -0.2) is 25.9 Å². The summed E-state index contributed by atoms with van der Waals surface area (Å²) in [5, 5.41) is 2.80. The topological polar surface area (TPSA) is 88.2 Å². The van der Waals surface area contributed by atoms with Gasteiger partial charge in [-0.15, -0.1) is 0 Å². The van der Waals surface area contributed by atoms with Crippen LogP contribution in [0.4, 0.5) is 5.69 Å². The Balaban J connectivity index is 2.17. The molecule has 1 aromatic heterocycles. The van der Waals surface area contributed by atoms with E-state index >= 15 is 0 Å². The lowest BCUT2D eigenvalue weighted by Crippen LogP contribution is -2.24. The van der Waals surface area contributed by atoms with E-state index in [0.717, 1.165) is 12.8 Å². The van der Waals surface area contributed by atoms with Crippen molar-refractivity contribution < 1.29 is 13.2 Å². The van der Waals surface area contributed by atoms with Crippen molar-refractivity contribution in [2.45, 2.75) is 24.7 Å². The van der Waals surface area contributed by atoms with Crippen LogP contribution in [0, 0.1) is 0 Å². The van der Waals surface area contributed by atoms with Gasteiger partial charge in [-0.25, -0.2) is 18.1 Å². The van der Waals surface area contributed by atoms with Crippen LogP contribution in [0.2, 0.25) is 10.3 Å². The highest BCUT2D eigenvalue weighted by Gasteiger charge is 2.15. The molecule has 0 saturated heterocycles. The predicted octanol–water partition coefficient (Wildman–Crippen LogP) is 3.72. The maximum absolute atomic E-state index is 12.3. The Bertz CT molecular complexity index is 852. The second-order valence-corrected chi connectivity index (χ2v) is 7.78. The fourth-order valence-electron chi connectivity index (χ4n) is 2.01. The van der Waals surface area contributed by atoms with Crippen LogP contribution in [0.5, 0.6) is 0 Å². The van der Waals surface area contributed by atoms with Gasteiger partial charge in [-0.2, -0.15) is 0 Å². The van der Waals surface area contributed by atoms with Gasteiger partial charge in [0.1, 0.15) is 10.3 Å². The highest BCUT2D eigenvalue weighted by Crippen LogP contribution is 2.19. The van der Waals surface area contributed by atoms with Gasteiger partial charge in [0.15, 0.2) is 0 Å². The number of aromatic nitrogens is 1. The zero-order valence-corrected chi connectivity index (χ0v) is 15.7. The SMILES string of the molecule is CCCCNS(=O)(=O)c1cccc(NC(=O)c2cc(Cl)nc(Cl)c2)c1. The first kappa shape index (κ1) is 19.7. The average molecular weight is 402 g/mol. The Hall–Kier alpha value is -1.67. The van der Waals surface area contributed by atoms with E-state index in [0.29, 0.717) is 12.2 Å². The van der Waals surface area contributed by atoms with Gasteiger partial charge in [0.25, 0.3) is 5.91 Å². The number of carbonyl (C=O) groups excluding carboxylic acids is 1. The Morgan fingerprint density at radius 3 is 2.48 bits per heavy atom. The molecule has 0 fully saturated rings. The maximum Gasteiger partial charge on any atom is 0.255 e. The van der Waals surface area contributed by atoms with Crippen LogP contribution in [0.15, 0.2) is 41.3 Å². The van der Waals surface area contributed by atoms with Gasteiger partial charge in [-0.3, -0.25) is 4.79 Å². The molecule has 6 nitrogen and oxygen atoms in total. The second kappa shape index (κ2) is 8.62. The van der Waals surface area contributed by atoms with Crippen molar-refractivity contribution in [1.82, 2.24) is 9.71 Å². The van der Waals surface area contributed by atoms with Gasteiger partial charge in [0.2, 0.25) is 10.0 Å². The molecule has 0 aliphatic heterocycles. The number of anilines is 1. The first-order chi connectivity index (χ1) is 11.8. The number of hydrogen-bond donors (Lipinski definition) is 2. The monoisotopic (exact) mass is 401 g/mol. The lowest BCUT2D eigenvalue weighted by atomic mass is 10.2.